The van der Waals surface area contributed by atoms with Gasteiger partial charge < -0.3 is 15.5 Å². The van der Waals surface area contributed by atoms with Crippen molar-refractivity contribution in [2.75, 3.05) is 27.2 Å². The first kappa shape index (κ1) is 23.2. The highest BCUT2D eigenvalue weighted by Crippen LogP contribution is 2.18. The van der Waals surface area contributed by atoms with Crippen LogP contribution in [-0.4, -0.2) is 44.0 Å². The number of hydrogen-bond acceptors (Lipinski definition) is 2. The summed E-state index contributed by atoms with van der Waals surface area (Å²) in [6.45, 7) is 7.76. The predicted octanol–water partition coefficient (Wildman–Crippen LogP) is 3.24. The summed E-state index contributed by atoms with van der Waals surface area (Å²) in [5.41, 5.74) is 0.648. The number of nitrogens with zero attached hydrogens (tertiary/aromatic N) is 2. The molecule has 2 N–H and O–H groups in total. The second kappa shape index (κ2) is 10.9. The van der Waals surface area contributed by atoms with Gasteiger partial charge in [-0.05, 0) is 32.4 Å². The lowest BCUT2D eigenvalue weighted by molar-refractivity contribution is -0.128. The monoisotopic (exact) mass is 510 g/mol. The summed E-state index contributed by atoms with van der Waals surface area (Å²) in [4.78, 5) is 18.6. The molecule has 0 spiro atoms. The smallest absolute Gasteiger partial charge is 0.227 e. The highest BCUT2D eigenvalue weighted by atomic mass is 127. The molecule has 1 rings (SSSR count). The van der Waals surface area contributed by atoms with E-state index >= 15 is 0 Å². The molecule has 0 aliphatic carbocycles. The Morgan fingerprint density at radius 3 is 2.50 bits per heavy atom. The lowest BCUT2D eigenvalue weighted by atomic mass is 9.93. The molecule has 5 nitrogen and oxygen atoms in total. The summed E-state index contributed by atoms with van der Waals surface area (Å²) in [7, 11) is 3.64. The van der Waals surface area contributed by atoms with Crippen LogP contribution in [-0.2, 0) is 11.3 Å². The first-order valence-electron chi connectivity index (χ1n) is 7.77. The van der Waals surface area contributed by atoms with E-state index in [0.717, 1.165) is 23.5 Å². The van der Waals surface area contributed by atoms with Crippen LogP contribution in [0.5, 0.6) is 0 Å². The van der Waals surface area contributed by atoms with Gasteiger partial charge in [-0.25, -0.2) is 0 Å². The Hall–Kier alpha value is -0.830. The normalized spacial score (nSPS) is 11.5. The fourth-order valence-electron chi connectivity index (χ4n) is 2.11. The highest BCUT2D eigenvalue weighted by Gasteiger charge is 2.26. The number of aliphatic imine (C=N–C) groups is 1. The molecule has 0 fully saturated rings. The van der Waals surface area contributed by atoms with E-state index in [4.69, 9.17) is 0 Å². The summed E-state index contributed by atoms with van der Waals surface area (Å²) in [5, 5.41) is 5.97. The third-order valence-corrected chi connectivity index (χ3v) is 4.30. The molecular formula is C17H28BrIN4O. The van der Waals surface area contributed by atoms with Crippen molar-refractivity contribution in [3.63, 3.8) is 0 Å². The Balaban J connectivity index is 0.00000529. The molecule has 24 heavy (non-hydrogen) atoms. The van der Waals surface area contributed by atoms with E-state index in [-0.39, 0.29) is 29.9 Å². The summed E-state index contributed by atoms with van der Waals surface area (Å²) < 4.78 is 1.08. The minimum atomic E-state index is -0.538. The Morgan fingerprint density at radius 2 is 1.96 bits per heavy atom. The average Bonchev–Trinajstić information content (AvgIpc) is 2.52. The number of carbonyl (C=O) groups excluding carboxylic acids is 1. The maximum Gasteiger partial charge on any atom is 0.227 e. The van der Waals surface area contributed by atoms with Gasteiger partial charge in [0.25, 0.3) is 0 Å². The number of nitrogens with one attached hydrogen (secondary N) is 2. The molecule has 1 aromatic rings. The topological polar surface area (TPSA) is 56.7 Å². The molecule has 0 saturated heterocycles. The molecule has 0 heterocycles. The molecule has 0 aliphatic heterocycles. The zero-order chi connectivity index (χ0) is 17.5. The van der Waals surface area contributed by atoms with Crippen LogP contribution in [0.4, 0.5) is 0 Å². The maximum atomic E-state index is 11.9. The van der Waals surface area contributed by atoms with Crippen LogP contribution in [0, 0.1) is 5.41 Å². The third kappa shape index (κ3) is 6.96. The van der Waals surface area contributed by atoms with E-state index in [9.17, 15) is 4.79 Å². The molecule has 0 unspecified atom stereocenters. The van der Waals surface area contributed by atoms with Gasteiger partial charge in [0, 0.05) is 31.7 Å². The van der Waals surface area contributed by atoms with Crippen LogP contribution in [0.15, 0.2) is 33.7 Å². The molecule has 0 aromatic heterocycles. The molecular weight excluding hydrogens is 483 g/mol. The van der Waals surface area contributed by atoms with E-state index < -0.39 is 5.41 Å². The first-order chi connectivity index (χ1) is 10.8. The van der Waals surface area contributed by atoms with E-state index in [0.29, 0.717) is 6.54 Å². The van der Waals surface area contributed by atoms with Crippen LogP contribution < -0.4 is 10.6 Å². The second-order valence-corrected chi connectivity index (χ2v) is 6.93. The molecule has 1 aromatic carbocycles. The third-order valence-electron chi connectivity index (χ3n) is 3.53. The number of guanidine groups is 1. The van der Waals surface area contributed by atoms with Crippen molar-refractivity contribution in [3.05, 3.63) is 34.3 Å². The number of amides is 1. The number of benzene rings is 1. The second-order valence-electron chi connectivity index (χ2n) is 6.08. The summed E-state index contributed by atoms with van der Waals surface area (Å²) in [6.07, 6.45) is 0. The van der Waals surface area contributed by atoms with Crippen LogP contribution in [0.1, 0.15) is 26.3 Å². The van der Waals surface area contributed by atoms with Crippen LogP contribution in [0.2, 0.25) is 0 Å². The van der Waals surface area contributed by atoms with Gasteiger partial charge in [0.05, 0.1) is 12.0 Å². The zero-order valence-corrected chi connectivity index (χ0v) is 18.9. The van der Waals surface area contributed by atoms with Gasteiger partial charge in [0.2, 0.25) is 5.91 Å². The molecule has 1 amide bonds. The predicted molar refractivity (Wildman–Crippen MR) is 115 cm³/mol. The molecule has 0 aliphatic rings. The van der Waals surface area contributed by atoms with Crippen LogP contribution in [0.25, 0.3) is 0 Å². The van der Waals surface area contributed by atoms with Crippen molar-refractivity contribution in [2.45, 2.75) is 27.3 Å². The van der Waals surface area contributed by atoms with Crippen molar-refractivity contribution in [3.8, 4) is 0 Å². The Bertz CT molecular complexity index is 563. The van der Waals surface area contributed by atoms with E-state index in [2.05, 4.69) is 42.5 Å². The average molecular weight is 511 g/mol. The molecule has 0 bridgehead atoms. The molecule has 0 radical (unpaired) electrons. The quantitative estimate of drug-likeness (QED) is 0.351. The largest absolute Gasteiger partial charge is 0.359 e. The van der Waals surface area contributed by atoms with Crippen molar-refractivity contribution in [2.24, 2.45) is 10.4 Å². The van der Waals surface area contributed by atoms with Gasteiger partial charge in [0.1, 0.15) is 0 Å². The minimum absolute atomic E-state index is 0. The van der Waals surface area contributed by atoms with E-state index in [1.54, 1.807) is 7.05 Å². The Morgan fingerprint density at radius 1 is 1.33 bits per heavy atom. The van der Waals surface area contributed by atoms with Crippen molar-refractivity contribution >= 4 is 51.8 Å². The zero-order valence-electron chi connectivity index (χ0n) is 15.0. The van der Waals surface area contributed by atoms with Crippen LogP contribution in [0.3, 0.4) is 0 Å². The Labute approximate surface area is 170 Å². The number of halogens is 2. The van der Waals surface area contributed by atoms with Gasteiger partial charge in [-0.1, -0.05) is 34.1 Å². The van der Waals surface area contributed by atoms with Gasteiger partial charge in [-0.2, -0.15) is 0 Å². The standard InChI is InChI=1S/C17H27BrN4O.HI/c1-6-20-16(21-12-17(2,3)15(23)19-4)22(5)11-13-9-7-8-10-14(13)18;/h7-10H,6,11-12H2,1-5H3,(H,19,23)(H,20,21);1H. The lowest BCUT2D eigenvalue weighted by Gasteiger charge is -2.25. The van der Waals surface area contributed by atoms with Crippen LogP contribution >= 0.6 is 39.9 Å². The lowest BCUT2D eigenvalue weighted by Crippen LogP contribution is -2.41. The summed E-state index contributed by atoms with van der Waals surface area (Å²) >= 11 is 3.57. The van der Waals surface area contributed by atoms with Crippen molar-refractivity contribution in [1.29, 1.82) is 0 Å². The minimum Gasteiger partial charge on any atom is -0.359 e. The SMILES string of the molecule is CCNC(=NCC(C)(C)C(=O)NC)N(C)Cc1ccccc1Br.I. The molecule has 7 heteroatoms. The number of carbonyl (C=O) groups is 1. The fraction of sp³-hybridized carbons (Fsp3) is 0.529. The molecule has 0 saturated carbocycles. The first-order valence-corrected chi connectivity index (χ1v) is 8.56. The number of hydrogen-bond donors (Lipinski definition) is 2. The molecule has 136 valence electrons. The van der Waals surface area contributed by atoms with Gasteiger partial charge in [-0.3, -0.25) is 9.79 Å². The highest BCUT2D eigenvalue weighted by molar-refractivity contribution is 14.0. The maximum absolute atomic E-state index is 11.9. The van der Waals surface area contributed by atoms with Gasteiger partial charge in [-0.15, -0.1) is 24.0 Å². The fourth-order valence-corrected chi connectivity index (χ4v) is 2.52. The van der Waals surface area contributed by atoms with Crippen molar-refractivity contribution in [1.82, 2.24) is 15.5 Å². The number of rotatable bonds is 6. The Kier molecular flexibility index (Phi) is 10.5. The van der Waals surface area contributed by atoms with E-state index in [1.165, 1.54) is 5.56 Å². The molecule has 0 atom stereocenters. The summed E-state index contributed by atoms with van der Waals surface area (Å²) in [5.74, 6) is 0.783. The van der Waals surface area contributed by atoms with Gasteiger partial charge >= 0.3 is 0 Å². The van der Waals surface area contributed by atoms with Gasteiger partial charge in [0.15, 0.2) is 5.96 Å². The summed E-state index contributed by atoms with van der Waals surface area (Å²) in [6, 6.07) is 8.13. The van der Waals surface area contributed by atoms with Crippen molar-refractivity contribution < 1.29 is 4.79 Å². The van der Waals surface area contributed by atoms with E-state index in [1.807, 2.05) is 46.0 Å².